The van der Waals surface area contributed by atoms with Crippen LogP contribution in [-0.2, 0) is 22.5 Å². The summed E-state index contributed by atoms with van der Waals surface area (Å²) in [5, 5.41) is 3.06. The van der Waals surface area contributed by atoms with Crippen LogP contribution in [0.3, 0.4) is 0 Å². The van der Waals surface area contributed by atoms with E-state index in [0.717, 1.165) is 38.3 Å². The van der Waals surface area contributed by atoms with Crippen LogP contribution in [0, 0.1) is 5.92 Å². The van der Waals surface area contributed by atoms with Gasteiger partial charge < -0.3 is 20.4 Å². The Labute approximate surface area is 154 Å². The second-order valence-electron chi connectivity index (χ2n) is 7.08. The molecule has 0 aliphatic carbocycles. The summed E-state index contributed by atoms with van der Waals surface area (Å²) in [6.45, 7) is 4.36. The number of nitrogens with one attached hydrogen (secondary N) is 1. The molecule has 1 aromatic heterocycles. The first-order chi connectivity index (χ1) is 12.6. The van der Waals surface area contributed by atoms with Gasteiger partial charge in [0.15, 0.2) is 0 Å². The Balaban J connectivity index is 1.49. The van der Waals surface area contributed by atoms with Gasteiger partial charge in [-0.2, -0.15) is 0 Å². The van der Waals surface area contributed by atoms with Crippen LogP contribution in [0.25, 0.3) is 0 Å². The predicted octanol–water partition coefficient (Wildman–Crippen LogP) is 1.73. The zero-order valence-corrected chi connectivity index (χ0v) is 15.3. The number of imidazole rings is 1. The molecule has 0 saturated carbocycles. The van der Waals surface area contributed by atoms with Crippen molar-refractivity contribution in [3.8, 4) is 0 Å². The number of rotatable bonds is 7. The van der Waals surface area contributed by atoms with E-state index in [1.165, 1.54) is 5.56 Å². The topological polar surface area (TPSA) is 82.2 Å². The molecule has 0 radical (unpaired) electrons. The van der Waals surface area contributed by atoms with Gasteiger partial charge in [0, 0.05) is 38.4 Å². The highest BCUT2D eigenvalue weighted by Gasteiger charge is 2.24. The number of nitrogens with two attached hydrogens (primary N) is 1. The summed E-state index contributed by atoms with van der Waals surface area (Å²) < 4.78 is 7.39. The molecule has 2 aromatic rings. The van der Waals surface area contributed by atoms with Gasteiger partial charge in [0.2, 0.25) is 5.91 Å². The lowest BCUT2D eigenvalue weighted by atomic mass is 9.92. The zero-order chi connectivity index (χ0) is 18.4. The van der Waals surface area contributed by atoms with Crippen LogP contribution in [0.5, 0.6) is 0 Å². The number of carbonyl (C=O) groups excluding carboxylic acids is 1. The molecule has 3 rings (SSSR count). The number of benzene rings is 1. The maximum absolute atomic E-state index is 12.4. The number of amides is 1. The third-order valence-corrected chi connectivity index (χ3v) is 5.00. The van der Waals surface area contributed by atoms with Crippen molar-refractivity contribution in [1.29, 1.82) is 0 Å². The van der Waals surface area contributed by atoms with E-state index in [0.29, 0.717) is 12.3 Å². The minimum absolute atomic E-state index is 0.110. The standard InChI is InChI=1S/C20H28N4O2/c1-15(17-7-9-26-10-8-17)23-20(25)19(21)11-18-13-24(14-22-18)12-16-5-3-2-4-6-16/h2-6,13-15,17,19H,7-12,21H2,1H3,(H,23,25)/t15?,19-/m0/s1. The van der Waals surface area contributed by atoms with Gasteiger partial charge in [0.25, 0.3) is 0 Å². The van der Waals surface area contributed by atoms with Crippen LogP contribution in [-0.4, -0.2) is 40.8 Å². The van der Waals surface area contributed by atoms with E-state index in [1.54, 1.807) is 6.33 Å². The minimum Gasteiger partial charge on any atom is -0.381 e. The first kappa shape index (κ1) is 18.6. The third kappa shape index (κ3) is 5.16. The fraction of sp³-hybridized carbons (Fsp3) is 0.500. The maximum Gasteiger partial charge on any atom is 0.237 e. The molecule has 2 heterocycles. The molecule has 140 valence electrons. The normalized spacial score (nSPS) is 17.6. The Morgan fingerprint density at radius 3 is 2.81 bits per heavy atom. The van der Waals surface area contributed by atoms with E-state index in [-0.39, 0.29) is 11.9 Å². The lowest BCUT2D eigenvalue weighted by molar-refractivity contribution is -0.123. The van der Waals surface area contributed by atoms with Crippen LogP contribution in [0.4, 0.5) is 0 Å². The highest BCUT2D eigenvalue weighted by atomic mass is 16.5. The first-order valence-corrected chi connectivity index (χ1v) is 9.30. The monoisotopic (exact) mass is 356 g/mol. The lowest BCUT2D eigenvalue weighted by Gasteiger charge is -2.29. The quantitative estimate of drug-likeness (QED) is 0.792. The summed E-state index contributed by atoms with van der Waals surface area (Å²) in [6, 6.07) is 9.74. The van der Waals surface area contributed by atoms with Crippen LogP contribution in [0.1, 0.15) is 31.0 Å². The van der Waals surface area contributed by atoms with Gasteiger partial charge in [-0.1, -0.05) is 30.3 Å². The number of nitrogens with zero attached hydrogens (tertiary/aromatic N) is 2. The molecule has 6 heteroatoms. The predicted molar refractivity (Wildman–Crippen MR) is 101 cm³/mol. The summed E-state index contributed by atoms with van der Waals surface area (Å²) >= 11 is 0. The van der Waals surface area contributed by atoms with Crippen molar-refractivity contribution in [2.45, 2.75) is 44.8 Å². The van der Waals surface area contributed by atoms with E-state index >= 15 is 0 Å². The van der Waals surface area contributed by atoms with Crippen molar-refractivity contribution in [1.82, 2.24) is 14.9 Å². The van der Waals surface area contributed by atoms with Gasteiger partial charge in [-0.15, -0.1) is 0 Å². The van der Waals surface area contributed by atoms with E-state index in [4.69, 9.17) is 10.5 Å². The van der Waals surface area contributed by atoms with Crippen molar-refractivity contribution in [2.24, 2.45) is 11.7 Å². The molecule has 1 aliphatic rings. The smallest absolute Gasteiger partial charge is 0.237 e. The van der Waals surface area contributed by atoms with Crippen LogP contribution < -0.4 is 11.1 Å². The zero-order valence-electron chi connectivity index (χ0n) is 15.3. The first-order valence-electron chi connectivity index (χ1n) is 9.30. The molecule has 2 atom stereocenters. The minimum atomic E-state index is -0.586. The van der Waals surface area contributed by atoms with E-state index in [2.05, 4.69) is 29.4 Å². The van der Waals surface area contributed by atoms with Crippen molar-refractivity contribution < 1.29 is 9.53 Å². The summed E-state index contributed by atoms with van der Waals surface area (Å²) in [4.78, 5) is 16.8. The molecule has 26 heavy (non-hydrogen) atoms. The number of aromatic nitrogens is 2. The highest BCUT2D eigenvalue weighted by molar-refractivity contribution is 5.82. The van der Waals surface area contributed by atoms with Crippen molar-refractivity contribution in [3.63, 3.8) is 0 Å². The molecule has 6 nitrogen and oxygen atoms in total. The maximum atomic E-state index is 12.4. The molecule has 1 unspecified atom stereocenters. The average Bonchev–Trinajstić information content (AvgIpc) is 3.10. The SMILES string of the molecule is CC(NC(=O)[C@@H](N)Cc1cn(Cc2ccccc2)cn1)C1CCOCC1. The van der Waals surface area contributed by atoms with Crippen LogP contribution in [0.2, 0.25) is 0 Å². The summed E-state index contributed by atoms with van der Waals surface area (Å²) in [7, 11) is 0. The molecule has 1 aromatic carbocycles. The number of carbonyl (C=O) groups is 1. The van der Waals surface area contributed by atoms with Gasteiger partial charge >= 0.3 is 0 Å². The second kappa shape index (κ2) is 8.96. The number of hydrogen-bond acceptors (Lipinski definition) is 4. The highest BCUT2D eigenvalue weighted by Crippen LogP contribution is 2.18. The molecular weight excluding hydrogens is 328 g/mol. The van der Waals surface area contributed by atoms with E-state index in [9.17, 15) is 4.79 Å². The number of hydrogen-bond donors (Lipinski definition) is 2. The summed E-state index contributed by atoms with van der Waals surface area (Å²) in [5.74, 6) is 0.353. The fourth-order valence-corrected chi connectivity index (χ4v) is 3.38. The number of ether oxygens (including phenoxy) is 1. The molecule has 1 fully saturated rings. The lowest BCUT2D eigenvalue weighted by Crippen LogP contribution is -2.48. The van der Waals surface area contributed by atoms with Gasteiger partial charge in [-0.3, -0.25) is 4.79 Å². The van der Waals surface area contributed by atoms with Crippen LogP contribution in [0.15, 0.2) is 42.9 Å². The summed E-state index contributed by atoms with van der Waals surface area (Å²) in [5.41, 5.74) is 8.15. The van der Waals surface area contributed by atoms with Crippen molar-refractivity contribution in [3.05, 3.63) is 54.1 Å². The fourth-order valence-electron chi connectivity index (χ4n) is 3.38. The second-order valence-corrected chi connectivity index (χ2v) is 7.08. The molecular formula is C20H28N4O2. The summed E-state index contributed by atoms with van der Waals surface area (Å²) in [6.07, 6.45) is 6.16. The Morgan fingerprint density at radius 2 is 2.08 bits per heavy atom. The molecule has 1 aliphatic heterocycles. The van der Waals surface area contributed by atoms with Gasteiger partial charge in [0.05, 0.1) is 18.1 Å². The molecule has 0 spiro atoms. The van der Waals surface area contributed by atoms with Gasteiger partial charge in [-0.05, 0) is 31.2 Å². The molecule has 1 amide bonds. The third-order valence-electron chi connectivity index (χ3n) is 5.00. The van der Waals surface area contributed by atoms with Crippen LogP contribution >= 0.6 is 0 Å². The molecule has 0 bridgehead atoms. The van der Waals surface area contributed by atoms with Gasteiger partial charge in [-0.25, -0.2) is 4.98 Å². The average molecular weight is 356 g/mol. The van der Waals surface area contributed by atoms with Crippen molar-refractivity contribution >= 4 is 5.91 Å². The van der Waals surface area contributed by atoms with E-state index < -0.39 is 6.04 Å². The molecule has 1 saturated heterocycles. The largest absolute Gasteiger partial charge is 0.381 e. The Morgan fingerprint density at radius 1 is 1.35 bits per heavy atom. The van der Waals surface area contributed by atoms with E-state index in [1.807, 2.05) is 29.0 Å². The Bertz CT molecular complexity index is 695. The van der Waals surface area contributed by atoms with Gasteiger partial charge in [0.1, 0.15) is 0 Å². The van der Waals surface area contributed by atoms with Crippen molar-refractivity contribution in [2.75, 3.05) is 13.2 Å². The Kier molecular flexibility index (Phi) is 6.41. The Hall–Kier alpha value is -2.18. The molecule has 3 N–H and O–H groups in total.